The fraction of sp³-hybridized carbons (Fsp3) is 0.550. The van der Waals surface area contributed by atoms with Crippen molar-refractivity contribution in [2.24, 2.45) is 5.92 Å². The third-order valence-electron chi connectivity index (χ3n) is 4.76. The van der Waals surface area contributed by atoms with Crippen molar-refractivity contribution in [3.8, 4) is 0 Å². The number of ether oxygens (including phenoxy) is 1. The molecule has 148 valence electrons. The van der Waals surface area contributed by atoms with Crippen molar-refractivity contribution in [3.05, 3.63) is 34.9 Å². The molecule has 0 radical (unpaired) electrons. The number of nitrogens with zero attached hydrogens (tertiary/aromatic N) is 1. The van der Waals surface area contributed by atoms with Crippen LogP contribution in [0.2, 0.25) is 5.02 Å². The van der Waals surface area contributed by atoms with E-state index in [1.54, 1.807) is 29.2 Å². The van der Waals surface area contributed by atoms with Gasteiger partial charge < -0.3 is 15.0 Å². The number of hydrogen-bond acceptors (Lipinski definition) is 4. The first kappa shape index (κ1) is 21.2. The number of carbonyl (C=O) groups excluding carboxylic acids is 3. The molecule has 1 saturated heterocycles. The Morgan fingerprint density at radius 2 is 1.93 bits per heavy atom. The van der Waals surface area contributed by atoms with Crippen LogP contribution in [0.4, 0.5) is 0 Å². The number of nitrogens with one attached hydrogen (secondary N) is 1. The number of esters is 1. The van der Waals surface area contributed by atoms with Crippen molar-refractivity contribution in [2.45, 2.75) is 38.5 Å². The van der Waals surface area contributed by atoms with Crippen LogP contribution >= 0.6 is 11.6 Å². The Hall–Kier alpha value is -2.08. The lowest BCUT2D eigenvalue weighted by Gasteiger charge is -2.32. The second-order valence-corrected chi connectivity index (χ2v) is 7.21. The van der Waals surface area contributed by atoms with Crippen LogP contribution in [0, 0.1) is 5.92 Å². The molecule has 1 aliphatic heterocycles. The molecule has 1 fully saturated rings. The Morgan fingerprint density at radius 1 is 1.19 bits per heavy atom. The first-order valence-electron chi connectivity index (χ1n) is 9.40. The van der Waals surface area contributed by atoms with Crippen LogP contribution in [0.5, 0.6) is 0 Å². The second-order valence-electron chi connectivity index (χ2n) is 6.78. The average molecular weight is 395 g/mol. The number of rotatable bonds is 8. The van der Waals surface area contributed by atoms with Gasteiger partial charge in [0.05, 0.1) is 13.0 Å². The molecule has 2 amide bonds. The van der Waals surface area contributed by atoms with Crippen molar-refractivity contribution in [1.82, 2.24) is 10.2 Å². The molecule has 1 aliphatic rings. The second kappa shape index (κ2) is 10.9. The van der Waals surface area contributed by atoms with Crippen molar-refractivity contribution >= 4 is 29.4 Å². The molecule has 1 atom stereocenters. The summed E-state index contributed by atoms with van der Waals surface area (Å²) in [5, 5.41) is 3.54. The first-order chi connectivity index (χ1) is 13.0. The third-order valence-corrected chi connectivity index (χ3v) is 5.01. The van der Waals surface area contributed by atoms with Crippen molar-refractivity contribution in [2.75, 3.05) is 26.7 Å². The number of amides is 2. The number of piperidine rings is 1. The molecule has 2 rings (SSSR count). The molecule has 1 N–H and O–H groups in total. The highest BCUT2D eigenvalue weighted by atomic mass is 35.5. The van der Waals surface area contributed by atoms with Gasteiger partial charge in [-0.15, -0.1) is 0 Å². The standard InChI is InChI=1S/C20H27ClN2O4/c1-27-18(24)7-3-2-4-12-22-19(25)16-6-5-13-23(14-16)20(26)15-8-10-17(21)11-9-15/h8-11,16H,2-7,12-14H2,1H3,(H,22,25). The fourth-order valence-corrected chi connectivity index (χ4v) is 3.31. The normalized spacial score (nSPS) is 16.7. The largest absolute Gasteiger partial charge is 0.469 e. The highest BCUT2D eigenvalue weighted by Gasteiger charge is 2.28. The topological polar surface area (TPSA) is 75.7 Å². The monoisotopic (exact) mass is 394 g/mol. The molecule has 0 aliphatic carbocycles. The molecule has 1 heterocycles. The summed E-state index contributed by atoms with van der Waals surface area (Å²) in [6.07, 6.45) is 4.46. The molecule has 1 aromatic carbocycles. The van der Waals surface area contributed by atoms with E-state index in [9.17, 15) is 14.4 Å². The van der Waals surface area contributed by atoms with Gasteiger partial charge in [-0.25, -0.2) is 0 Å². The summed E-state index contributed by atoms with van der Waals surface area (Å²) in [5.41, 5.74) is 0.589. The molecule has 6 nitrogen and oxygen atoms in total. The molecule has 1 aromatic rings. The number of halogens is 1. The maximum absolute atomic E-state index is 12.6. The minimum absolute atomic E-state index is 0.00317. The number of hydrogen-bond donors (Lipinski definition) is 1. The van der Waals surface area contributed by atoms with Crippen LogP contribution in [0.15, 0.2) is 24.3 Å². The van der Waals surface area contributed by atoms with Crippen molar-refractivity contribution in [3.63, 3.8) is 0 Å². The van der Waals surface area contributed by atoms with Gasteiger partial charge in [0.25, 0.3) is 5.91 Å². The predicted octanol–water partition coefficient (Wildman–Crippen LogP) is 3.04. The van der Waals surface area contributed by atoms with Gasteiger partial charge in [0.1, 0.15) is 0 Å². The highest BCUT2D eigenvalue weighted by molar-refractivity contribution is 6.30. The van der Waals surface area contributed by atoms with Gasteiger partial charge in [-0.1, -0.05) is 18.0 Å². The van der Waals surface area contributed by atoms with Gasteiger partial charge in [0.15, 0.2) is 0 Å². The number of carbonyl (C=O) groups is 3. The van der Waals surface area contributed by atoms with Crippen LogP contribution in [0.3, 0.4) is 0 Å². The quantitative estimate of drug-likeness (QED) is 0.543. The zero-order valence-electron chi connectivity index (χ0n) is 15.7. The van der Waals surface area contributed by atoms with E-state index in [0.717, 1.165) is 32.1 Å². The zero-order valence-corrected chi connectivity index (χ0v) is 16.5. The Kier molecular flexibility index (Phi) is 8.58. The number of unbranched alkanes of at least 4 members (excludes halogenated alkanes) is 2. The molecule has 1 unspecified atom stereocenters. The summed E-state index contributed by atoms with van der Waals surface area (Å²) >= 11 is 5.87. The van der Waals surface area contributed by atoms with Crippen LogP contribution < -0.4 is 5.32 Å². The first-order valence-corrected chi connectivity index (χ1v) is 9.78. The summed E-state index contributed by atoms with van der Waals surface area (Å²) in [6, 6.07) is 6.82. The summed E-state index contributed by atoms with van der Waals surface area (Å²) in [5.74, 6) is -0.444. The van der Waals surface area contributed by atoms with Crippen molar-refractivity contribution in [1.29, 1.82) is 0 Å². The van der Waals surface area contributed by atoms with Crippen LogP contribution in [0.1, 0.15) is 48.9 Å². The Morgan fingerprint density at radius 3 is 2.63 bits per heavy atom. The molecule has 0 bridgehead atoms. The fourth-order valence-electron chi connectivity index (χ4n) is 3.18. The minimum atomic E-state index is -0.202. The Balaban J connectivity index is 1.73. The van der Waals surface area contributed by atoms with Crippen molar-refractivity contribution < 1.29 is 19.1 Å². The Bertz CT molecular complexity index is 648. The van der Waals surface area contributed by atoms with E-state index in [-0.39, 0.29) is 23.7 Å². The smallest absolute Gasteiger partial charge is 0.305 e. The van der Waals surface area contributed by atoms with Gasteiger partial charge >= 0.3 is 5.97 Å². The van der Waals surface area contributed by atoms with Gasteiger partial charge in [-0.3, -0.25) is 14.4 Å². The van der Waals surface area contributed by atoms with E-state index >= 15 is 0 Å². The molecular formula is C20H27ClN2O4. The van der Waals surface area contributed by atoms with E-state index in [0.29, 0.717) is 36.6 Å². The number of methoxy groups -OCH3 is 1. The molecular weight excluding hydrogens is 368 g/mol. The molecule has 0 saturated carbocycles. The average Bonchev–Trinajstić information content (AvgIpc) is 2.70. The van der Waals surface area contributed by atoms with Gasteiger partial charge in [0.2, 0.25) is 5.91 Å². The SMILES string of the molecule is COC(=O)CCCCCNC(=O)C1CCCN(C(=O)c2ccc(Cl)cc2)C1. The maximum Gasteiger partial charge on any atom is 0.305 e. The van der Waals surface area contributed by atoms with E-state index in [4.69, 9.17) is 11.6 Å². The summed E-state index contributed by atoms with van der Waals surface area (Å²) in [6.45, 7) is 1.69. The lowest BCUT2D eigenvalue weighted by atomic mass is 9.96. The predicted molar refractivity (Wildman–Crippen MR) is 104 cm³/mol. The van der Waals surface area contributed by atoms with Crippen LogP contribution in [-0.4, -0.2) is 49.4 Å². The van der Waals surface area contributed by atoms with E-state index in [1.807, 2.05) is 0 Å². The number of likely N-dealkylation sites (tertiary alicyclic amines) is 1. The van der Waals surface area contributed by atoms with Gasteiger partial charge in [0, 0.05) is 36.6 Å². The molecule has 27 heavy (non-hydrogen) atoms. The van der Waals surface area contributed by atoms with Gasteiger partial charge in [-0.2, -0.15) is 0 Å². The van der Waals surface area contributed by atoms with E-state index in [2.05, 4.69) is 10.1 Å². The lowest BCUT2D eigenvalue weighted by Crippen LogP contribution is -2.45. The third kappa shape index (κ3) is 6.86. The van der Waals surface area contributed by atoms with Crippen LogP contribution in [0.25, 0.3) is 0 Å². The summed E-state index contributed by atoms with van der Waals surface area (Å²) in [7, 11) is 1.38. The van der Waals surface area contributed by atoms with E-state index < -0.39 is 0 Å². The zero-order chi connectivity index (χ0) is 19.6. The molecule has 0 aromatic heterocycles. The van der Waals surface area contributed by atoms with E-state index in [1.165, 1.54) is 7.11 Å². The van der Waals surface area contributed by atoms with Crippen LogP contribution in [-0.2, 0) is 14.3 Å². The maximum atomic E-state index is 12.6. The minimum Gasteiger partial charge on any atom is -0.469 e. The molecule has 7 heteroatoms. The Labute approximate surface area is 165 Å². The van der Waals surface area contributed by atoms with Gasteiger partial charge in [-0.05, 0) is 49.9 Å². The lowest BCUT2D eigenvalue weighted by molar-refractivity contribution is -0.140. The summed E-state index contributed by atoms with van der Waals surface area (Å²) < 4.78 is 4.59. The molecule has 0 spiro atoms. The number of benzene rings is 1. The summed E-state index contributed by atoms with van der Waals surface area (Å²) in [4.78, 5) is 37.8. The highest BCUT2D eigenvalue weighted by Crippen LogP contribution is 2.20.